The molecule has 0 saturated carbocycles. The molecule has 2 aromatic rings. The first-order valence-corrected chi connectivity index (χ1v) is 7.53. The monoisotopic (exact) mass is 284 g/mol. The van der Waals surface area contributed by atoms with Crippen LogP contribution in [0.15, 0.2) is 30.3 Å². The molecule has 4 nitrogen and oxygen atoms in total. The molecule has 1 N–H and O–H groups in total. The van der Waals surface area contributed by atoms with Gasteiger partial charge in [-0.15, -0.1) is 0 Å². The second kappa shape index (κ2) is 5.35. The highest BCUT2D eigenvalue weighted by molar-refractivity contribution is 6.02. The van der Waals surface area contributed by atoms with Crippen molar-refractivity contribution in [2.45, 2.75) is 45.2 Å². The van der Waals surface area contributed by atoms with E-state index in [4.69, 9.17) is 4.98 Å². The second-order valence-electron chi connectivity index (χ2n) is 5.74. The van der Waals surface area contributed by atoms with Crippen LogP contribution >= 0.6 is 0 Å². The van der Waals surface area contributed by atoms with E-state index < -0.39 is 5.97 Å². The summed E-state index contributed by atoms with van der Waals surface area (Å²) >= 11 is 0. The lowest BCUT2D eigenvalue weighted by Gasteiger charge is -2.29. The number of aromatic nitrogens is 1. The number of hydrogen-bond donors (Lipinski definition) is 1. The lowest BCUT2D eigenvalue weighted by molar-refractivity contribution is 0.0699. The maximum atomic E-state index is 11.3. The molecule has 0 bridgehead atoms. The van der Waals surface area contributed by atoms with Crippen molar-refractivity contribution in [3.05, 3.63) is 35.9 Å². The van der Waals surface area contributed by atoms with E-state index in [1.165, 1.54) is 12.8 Å². The number of carboxylic acid groups (broad SMARTS) is 1. The number of anilines is 1. The van der Waals surface area contributed by atoms with Crippen LogP contribution in [0.4, 0.5) is 5.82 Å². The summed E-state index contributed by atoms with van der Waals surface area (Å²) in [6, 6.07) is 10.1. The Morgan fingerprint density at radius 2 is 2.14 bits per heavy atom. The zero-order valence-electron chi connectivity index (χ0n) is 12.4. The van der Waals surface area contributed by atoms with Gasteiger partial charge in [0, 0.05) is 17.5 Å². The van der Waals surface area contributed by atoms with E-state index in [1.807, 2.05) is 18.2 Å². The molecule has 1 aromatic carbocycles. The van der Waals surface area contributed by atoms with Crippen LogP contribution in [-0.2, 0) is 0 Å². The second-order valence-corrected chi connectivity index (χ2v) is 5.74. The largest absolute Gasteiger partial charge is 0.478 e. The van der Waals surface area contributed by atoms with Crippen LogP contribution < -0.4 is 4.90 Å². The van der Waals surface area contributed by atoms with Gasteiger partial charge in [-0.1, -0.05) is 13.0 Å². The minimum atomic E-state index is -0.906. The minimum Gasteiger partial charge on any atom is -0.478 e. The van der Waals surface area contributed by atoms with Gasteiger partial charge in [-0.25, -0.2) is 9.78 Å². The Labute approximate surface area is 124 Å². The molecule has 110 valence electrons. The molecular formula is C17H20N2O2. The predicted octanol–water partition coefficient (Wildman–Crippen LogP) is 3.70. The molecule has 1 aromatic heterocycles. The van der Waals surface area contributed by atoms with Gasteiger partial charge >= 0.3 is 5.97 Å². The summed E-state index contributed by atoms with van der Waals surface area (Å²) in [6.07, 6.45) is 3.50. The quantitative estimate of drug-likeness (QED) is 0.933. The van der Waals surface area contributed by atoms with Crippen molar-refractivity contribution in [3.8, 4) is 0 Å². The molecule has 0 aliphatic carbocycles. The summed E-state index contributed by atoms with van der Waals surface area (Å²) in [5, 5.41) is 9.95. The Bertz CT molecular complexity index is 684. The zero-order valence-corrected chi connectivity index (χ0v) is 12.4. The number of carboxylic acids is 1. The molecule has 2 unspecified atom stereocenters. The molecule has 2 heterocycles. The Kier molecular flexibility index (Phi) is 3.53. The molecule has 0 radical (unpaired) electrons. The summed E-state index contributed by atoms with van der Waals surface area (Å²) in [6.45, 7) is 4.44. The van der Waals surface area contributed by atoms with Crippen molar-refractivity contribution < 1.29 is 9.90 Å². The van der Waals surface area contributed by atoms with Gasteiger partial charge < -0.3 is 10.0 Å². The molecule has 0 spiro atoms. The number of carbonyl (C=O) groups is 1. The van der Waals surface area contributed by atoms with Crippen LogP contribution in [0.25, 0.3) is 10.9 Å². The van der Waals surface area contributed by atoms with Gasteiger partial charge in [-0.2, -0.15) is 0 Å². The fraction of sp³-hybridized carbons (Fsp3) is 0.412. The Morgan fingerprint density at radius 1 is 1.33 bits per heavy atom. The van der Waals surface area contributed by atoms with Crippen molar-refractivity contribution in [1.82, 2.24) is 4.98 Å². The highest BCUT2D eigenvalue weighted by Gasteiger charge is 2.30. The summed E-state index contributed by atoms with van der Waals surface area (Å²) in [7, 11) is 0. The van der Waals surface area contributed by atoms with Crippen molar-refractivity contribution >= 4 is 22.7 Å². The van der Waals surface area contributed by atoms with Gasteiger partial charge in [-0.3, -0.25) is 0 Å². The van der Waals surface area contributed by atoms with Crippen LogP contribution in [0, 0.1) is 0 Å². The number of hydrogen-bond acceptors (Lipinski definition) is 3. The van der Waals surface area contributed by atoms with Gasteiger partial charge in [0.15, 0.2) is 0 Å². The summed E-state index contributed by atoms with van der Waals surface area (Å²) in [4.78, 5) is 18.4. The number of fused-ring (bicyclic) bond motifs is 1. The zero-order chi connectivity index (χ0) is 15.0. The predicted molar refractivity (Wildman–Crippen MR) is 84.0 cm³/mol. The van der Waals surface area contributed by atoms with Crippen LogP contribution in [0.2, 0.25) is 0 Å². The van der Waals surface area contributed by atoms with E-state index in [-0.39, 0.29) is 0 Å². The van der Waals surface area contributed by atoms with Gasteiger partial charge in [0.05, 0.1) is 11.1 Å². The van der Waals surface area contributed by atoms with Crippen molar-refractivity contribution in [2.75, 3.05) is 4.90 Å². The number of aromatic carboxylic acids is 1. The third kappa shape index (κ3) is 2.35. The molecule has 3 rings (SSSR count). The first-order chi connectivity index (χ1) is 10.1. The van der Waals surface area contributed by atoms with E-state index in [1.54, 1.807) is 12.1 Å². The third-order valence-electron chi connectivity index (χ3n) is 4.47. The first kappa shape index (κ1) is 13.9. The fourth-order valence-corrected chi connectivity index (χ4v) is 3.36. The van der Waals surface area contributed by atoms with Gasteiger partial charge in [-0.05, 0) is 50.5 Å². The molecule has 0 amide bonds. The van der Waals surface area contributed by atoms with Crippen molar-refractivity contribution in [3.63, 3.8) is 0 Å². The standard InChI is InChI=1S/C17H20N2O2/c1-3-12-8-7-11(2)19(12)16-10-9-13-14(17(20)21)5-4-6-15(13)18-16/h4-6,9-12H,3,7-8H2,1-2H3,(H,20,21). The third-order valence-corrected chi connectivity index (χ3v) is 4.47. The number of pyridine rings is 1. The van der Waals surface area contributed by atoms with E-state index >= 15 is 0 Å². The molecule has 4 heteroatoms. The lowest BCUT2D eigenvalue weighted by atomic mass is 10.1. The maximum Gasteiger partial charge on any atom is 0.336 e. The lowest BCUT2D eigenvalue weighted by Crippen LogP contribution is -2.34. The SMILES string of the molecule is CCC1CCC(C)N1c1ccc2c(C(=O)O)cccc2n1. The summed E-state index contributed by atoms with van der Waals surface area (Å²) in [5.74, 6) is 0.0537. The van der Waals surface area contributed by atoms with E-state index in [0.29, 0.717) is 23.0 Å². The van der Waals surface area contributed by atoms with E-state index in [9.17, 15) is 9.90 Å². The van der Waals surface area contributed by atoms with Gasteiger partial charge in [0.25, 0.3) is 0 Å². The van der Waals surface area contributed by atoms with Crippen molar-refractivity contribution in [1.29, 1.82) is 0 Å². The fourth-order valence-electron chi connectivity index (χ4n) is 3.36. The number of nitrogens with zero attached hydrogens (tertiary/aromatic N) is 2. The van der Waals surface area contributed by atoms with E-state index in [0.717, 1.165) is 17.8 Å². The Morgan fingerprint density at radius 3 is 2.86 bits per heavy atom. The van der Waals surface area contributed by atoms with Crippen molar-refractivity contribution in [2.24, 2.45) is 0 Å². The summed E-state index contributed by atoms with van der Waals surface area (Å²) < 4.78 is 0. The molecule has 1 saturated heterocycles. The van der Waals surface area contributed by atoms with Gasteiger partial charge in [0.1, 0.15) is 5.82 Å². The average molecular weight is 284 g/mol. The minimum absolute atomic E-state index is 0.313. The molecular weight excluding hydrogens is 264 g/mol. The molecule has 2 atom stereocenters. The molecule has 21 heavy (non-hydrogen) atoms. The normalized spacial score (nSPS) is 21.9. The maximum absolute atomic E-state index is 11.3. The molecule has 1 aliphatic heterocycles. The van der Waals surface area contributed by atoms with Crippen LogP contribution in [0.5, 0.6) is 0 Å². The number of rotatable bonds is 3. The van der Waals surface area contributed by atoms with Gasteiger partial charge in [0.2, 0.25) is 0 Å². The highest BCUT2D eigenvalue weighted by atomic mass is 16.4. The highest BCUT2D eigenvalue weighted by Crippen LogP contribution is 2.32. The van der Waals surface area contributed by atoms with Crippen LogP contribution in [0.3, 0.4) is 0 Å². The molecule has 1 aliphatic rings. The Hall–Kier alpha value is -2.10. The van der Waals surface area contributed by atoms with Crippen LogP contribution in [0.1, 0.15) is 43.5 Å². The summed E-state index contributed by atoms with van der Waals surface area (Å²) in [5.41, 5.74) is 1.06. The average Bonchev–Trinajstić information content (AvgIpc) is 2.86. The van der Waals surface area contributed by atoms with E-state index in [2.05, 4.69) is 18.7 Å². The smallest absolute Gasteiger partial charge is 0.336 e. The first-order valence-electron chi connectivity index (χ1n) is 7.53. The Balaban J connectivity index is 2.07. The van der Waals surface area contributed by atoms with Crippen LogP contribution in [-0.4, -0.2) is 28.1 Å². The number of benzene rings is 1. The molecule has 1 fully saturated rings. The topological polar surface area (TPSA) is 53.4 Å².